The molecule has 0 radical (unpaired) electrons. The Balaban J connectivity index is 0.000000225. The van der Waals surface area contributed by atoms with E-state index in [0.29, 0.717) is 30.2 Å². The summed E-state index contributed by atoms with van der Waals surface area (Å²) >= 11 is 0. The van der Waals surface area contributed by atoms with Crippen molar-refractivity contribution in [3.63, 3.8) is 0 Å². The number of aryl methyl sites for hydroxylation is 4. The van der Waals surface area contributed by atoms with Crippen LogP contribution in [-0.2, 0) is 50.5 Å². The van der Waals surface area contributed by atoms with E-state index in [1.165, 1.54) is 164 Å². The molecule has 0 spiro atoms. The largest absolute Gasteiger partial charge is 0.494 e. The van der Waals surface area contributed by atoms with Crippen LogP contribution in [0.4, 0.5) is 0 Å². The molecular formula is C83H134N4O6. The summed E-state index contributed by atoms with van der Waals surface area (Å²) in [5.74, 6) is 4.29. The molecule has 11 N–H and O–H groups in total. The fourth-order valence-corrected chi connectivity index (χ4v) is 13.9. The molecule has 0 heterocycles. The summed E-state index contributed by atoms with van der Waals surface area (Å²) in [6, 6.07) is 32.9. The third kappa shape index (κ3) is 26.8. The highest BCUT2D eigenvalue weighted by atomic mass is 16.5. The minimum Gasteiger partial charge on any atom is -0.494 e. The van der Waals surface area contributed by atoms with Gasteiger partial charge in [0.2, 0.25) is 0 Å². The van der Waals surface area contributed by atoms with Crippen LogP contribution in [0, 0.1) is 17.8 Å². The number of hydrogen-bond donors (Lipinski definition) is 7. The predicted octanol–water partition coefficient (Wildman–Crippen LogP) is 18.3. The number of hydrogen-bond acceptors (Lipinski definition) is 10. The van der Waals surface area contributed by atoms with Crippen molar-refractivity contribution in [1.29, 1.82) is 0 Å². The first-order valence-electron chi connectivity index (χ1n) is 37.8. The molecule has 0 saturated heterocycles. The quantitative estimate of drug-likeness (QED) is 0.0187. The molecule has 10 nitrogen and oxygen atoms in total. The van der Waals surface area contributed by atoms with E-state index in [1.807, 2.05) is 26.0 Å². The van der Waals surface area contributed by atoms with Crippen LogP contribution in [0.1, 0.15) is 273 Å². The smallest absolute Gasteiger partial charge is 0.119 e. The number of rotatable bonds is 38. The number of ether oxygens (including phenoxy) is 3. The summed E-state index contributed by atoms with van der Waals surface area (Å²) in [6.45, 7) is 19.7. The van der Waals surface area contributed by atoms with Gasteiger partial charge in [0.15, 0.2) is 0 Å². The second-order valence-electron chi connectivity index (χ2n) is 28.5. The zero-order chi connectivity index (χ0) is 67.3. The first-order chi connectivity index (χ1) is 45.1. The lowest BCUT2D eigenvalue weighted by Gasteiger charge is -2.38. The van der Waals surface area contributed by atoms with E-state index >= 15 is 0 Å². The van der Waals surface area contributed by atoms with Crippen molar-refractivity contribution in [2.24, 2.45) is 40.7 Å². The summed E-state index contributed by atoms with van der Waals surface area (Å²) in [6.07, 6.45) is 40.9. The summed E-state index contributed by atoms with van der Waals surface area (Å²) in [5, 5.41) is 31.0. The highest BCUT2D eigenvalue weighted by Gasteiger charge is 2.36. The Hall–Kier alpha value is -4.52. The van der Waals surface area contributed by atoms with E-state index in [2.05, 4.69) is 120 Å². The summed E-state index contributed by atoms with van der Waals surface area (Å²) in [4.78, 5) is 0. The number of benzene rings is 5. The van der Waals surface area contributed by atoms with Gasteiger partial charge in [-0.1, -0.05) is 206 Å². The van der Waals surface area contributed by atoms with Gasteiger partial charge in [0, 0.05) is 17.1 Å². The maximum atomic E-state index is 9.70. The molecule has 522 valence electrons. The molecule has 0 aromatic heterocycles. The van der Waals surface area contributed by atoms with E-state index in [9.17, 15) is 15.3 Å². The molecule has 5 aromatic rings. The van der Waals surface area contributed by atoms with E-state index in [0.717, 1.165) is 124 Å². The van der Waals surface area contributed by atoms with E-state index in [4.69, 9.17) is 37.1 Å². The highest BCUT2D eigenvalue weighted by Crippen LogP contribution is 2.37. The maximum absolute atomic E-state index is 9.70. The zero-order valence-corrected chi connectivity index (χ0v) is 60.1. The number of unbranched alkanes of at least 4 members (excludes halogenated alkanes) is 17. The van der Waals surface area contributed by atoms with Crippen LogP contribution in [0.25, 0.3) is 10.8 Å². The molecule has 3 aliphatic carbocycles. The SMILES string of the molecule is CCCCCCCCc1ccc2c(c1)CCC(C(N)CC)C2.CCCCCCCOc1ccc2c(c1)CC(C(N)(CC)CO)CC2.CCCCCCCOc1ccc2c(c1)CCC([C@](C)(N)CO)C2.CCCCCCCOc1ccc2cc(C(N)(CC)CO)ccc2c1. The molecule has 0 amide bonds. The van der Waals surface area contributed by atoms with Crippen molar-refractivity contribution in [1.82, 2.24) is 0 Å². The average molecular weight is 1280 g/mol. The van der Waals surface area contributed by atoms with Crippen LogP contribution in [-0.4, -0.2) is 72.1 Å². The Morgan fingerprint density at radius 2 is 0.892 bits per heavy atom. The van der Waals surface area contributed by atoms with Crippen LogP contribution in [0.15, 0.2) is 91.0 Å². The van der Waals surface area contributed by atoms with Gasteiger partial charge in [0.25, 0.3) is 0 Å². The van der Waals surface area contributed by atoms with Gasteiger partial charge in [0.1, 0.15) is 17.2 Å². The van der Waals surface area contributed by atoms with Crippen molar-refractivity contribution >= 4 is 10.8 Å². The van der Waals surface area contributed by atoms with E-state index in [1.54, 1.807) is 16.7 Å². The molecule has 6 unspecified atom stereocenters. The Morgan fingerprint density at radius 1 is 0.430 bits per heavy atom. The van der Waals surface area contributed by atoms with Crippen molar-refractivity contribution < 1.29 is 29.5 Å². The van der Waals surface area contributed by atoms with Crippen molar-refractivity contribution in [3.05, 3.63) is 136 Å². The van der Waals surface area contributed by atoms with Gasteiger partial charge in [-0.15, -0.1) is 0 Å². The van der Waals surface area contributed by atoms with Gasteiger partial charge < -0.3 is 52.5 Å². The second kappa shape index (κ2) is 43.6. The Morgan fingerprint density at radius 3 is 1.45 bits per heavy atom. The van der Waals surface area contributed by atoms with Crippen molar-refractivity contribution in [2.75, 3.05) is 39.6 Å². The van der Waals surface area contributed by atoms with Crippen LogP contribution in [0.2, 0.25) is 0 Å². The van der Waals surface area contributed by atoms with Crippen molar-refractivity contribution in [2.45, 2.75) is 296 Å². The molecule has 0 aliphatic heterocycles. The highest BCUT2D eigenvalue weighted by molar-refractivity contribution is 5.84. The molecule has 7 atom stereocenters. The minimum absolute atomic E-state index is 0.0474. The maximum Gasteiger partial charge on any atom is 0.119 e. The Labute approximate surface area is 566 Å². The molecule has 3 aliphatic rings. The second-order valence-corrected chi connectivity index (χ2v) is 28.5. The van der Waals surface area contributed by atoms with Gasteiger partial charge in [-0.25, -0.2) is 0 Å². The van der Waals surface area contributed by atoms with E-state index < -0.39 is 16.6 Å². The fraction of sp³-hybridized carbons (Fsp3) is 0.663. The Bertz CT molecular complexity index is 2810. The molecule has 0 bridgehead atoms. The lowest BCUT2D eigenvalue weighted by molar-refractivity contribution is 0.125. The van der Waals surface area contributed by atoms with Crippen molar-refractivity contribution in [3.8, 4) is 17.2 Å². The minimum atomic E-state index is -0.665. The normalized spacial score (nSPS) is 18.0. The number of fused-ring (bicyclic) bond motifs is 4. The molecular weight excluding hydrogens is 1150 g/mol. The average Bonchev–Trinajstić information content (AvgIpc) is 0.906. The van der Waals surface area contributed by atoms with Crippen LogP contribution < -0.4 is 37.1 Å². The van der Waals surface area contributed by atoms with Crippen LogP contribution >= 0.6 is 0 Å². The molecule has 0 saturated carbocycles. The first-order valence-corrected chi connectivity index (χ1v) is 37.8. The third-order valence-electron chi connectivity index (χ3n) is 21.1. The lowest BCUT2D eigenvalue weighted by Crippen LogP contribution is -2.51. The molecule has 10 heteroatoms. The molecule has 8 rings (SSSR count). The summed E-state index contributed by atoms with van der Waals surface area (Å²) in [5.41, 5.74) is 34.8. The number of nitrogens with two attached hydrogens (primary N) is 4. The van der Waals surface area contributed by atoms with Gasteiger partial charge >= 0.3 is 0 Å². The number of aliphatic hydroxyl groups is 3. The van der Waals surface area contributed by atoms with Crippen LogP contribution in [0.3, 0.4) is 0 Å². The Kier molecular flexibility index (Phi) is 37.1. The zero-order valence-electron chi connectivity index (χ0n) is 60.1. The van der Waals surface area contributed by atoms with Gasteiger partial charge in [-0.3, -0.25) is 0 Å². The number of aliphatic hydroxyl groups excluding tert-OH is 3. The first kappa shape index (κ1) is 79.2. The van der Waals surface area contributed by atoms with Crippen LogP contribution in [0.5, 0.6) is 17.2 Å². The lowest BCUT2D eigenvalue weighted by atomic mass is 9.72. The predicted molar refractivity (Wildman–Crippen MR) is 395 cm³/mol. The fourth-order valence-electron chi connectivity index (χ4n) is 13.9. The monoisotopic (exact) mass is 1280 g/mol. The van der Waals surface area contributed by atoms with Gasteiger partial charge in [-0.2, -0.15) is 0 Å². The van der Waals surface area contributed by atoms with Gasteiger partial charge in [-0.05, 0) is 232 Å². The summed E-state index contributed by atoms with van der Waals surface area (Å²) < 4.78 is 17.7. The topological polar surface area (TPSA) is 192 Å². The summed E-state index contributed by atoms with van der Waals surface area (Å²) in [7, 11) is 0. The van der Waals surface area contributed by atoms with Gasteiger partial charge in [0.05, 0.1) is 45.2 Å². The molecule has 0 fully saturated rings. The van der Waals surface area contributed by atoms with E-state index in [-0.39, 0.29) is 19.8 Å². The third-order valence-corrected chi connectivity index (χ3v) is 21.1. The molecule has 5 aromatic carbocycles. The molecule has 93 heavy (non-hydrogen) atoms. The standard InChI is InChI=1S/C21H31NO2.C21H35NO2.C21H35N.C20H33NO2/c1-3-5-6-7-8-13-24-20-12-10-17-14-19(11-9-18(17)15-20)21(22,4-2)16-23;1-3-5-6-7-8-13-24-20-12-10-17-9-11-19(14-18(17)15-20)21(22,4-2)16-23;1-3-5-6-7-8-9-10-17-11-12-19-16-20(21(22)4-2)14-13-18(19)15-17;1-3-4-5-6-7-12-23-19-11-9-16-13-18(20(2,21)15-22)10-8-17(16)14-19/h9-12,14-15,23H,3-8,13,16,22H2,1-2H3;10,12,15,19,23H,3-9,11,13-14,16,22H2,1-2H3;11-12,15,20-21H,3-10,13-14,16,22H2,1-2H3;9,11,14,18,22H,3-8,10,12-13,15,21H2,1-2H3/t;;;18?,20-/m...1/s1.